The van der Waals surface area contributed by atoms with Gasteiger partial charge in [0.05, 0.1) is 6.20 Å². The van der Waals surface area contributed by atoms with Gasteiger partial charge in [-0.3, -0.25) is 4.68 Å². The summed E-state index contributed by atoms with van der Waals surface area (Å²) in [6.45, 7) is 1.34. The van der Waals surface area contributed by atoms with Gasteiger partial charge in [-0.25, -0.2) is 4.79 Å². The van der Waals surface area contributed by atoms with E-state index in [1.165, 1.54) is 10.9 Å². The van der Waals surface area contributed by atoms with Crippen molar-refractivity contribution in [1.82, 2.24) is 9.78 Å². The lowest BCUT2D eigenvalue weighted by Crippen LogP contribution is -2.12. The molecule has 0 spiro atoms. The molecule has 0 fully saturated rings. The summed E-state index contributed by atoms with van der Waals surface area (Å²) in [5, 5.41) is 13.4. The molecule has 1 aromatic carbocycles. The zero-order valence-electron chi connectivity index (χ0n) is 11.9. The number of carboxylic acid groups (broad SMARTS) is 1. The van der Waals surface area contributed by atoms with E-state index in [1.54, 1.807) is 7.11 Å². The molecule has 0 radical (unpaired) electrons. The molecule has 2 aromatic rings. The highest BCUT2D eigenvalue weighted by molar-refractivity contribution is 5.88. The SMILES string of the molecule is COCCCn1ncc(OCc2ccccc2)c1C(=O)O. The first-order valence-corrected chi connectivity index (χ1v) is 6.67. The first-order valence-electron chi connectivity index (χ1n) is 6.67. The molecule has 0 aliphatic rings. The fourth-order valence-corrected chi connectivity index (χ4v) is 1.95. The minimum absolute atomic E-state index is 0.0713. The molecule has 0 aliphatic carbocycles. The van der Waals surface area contributed by atoms with Gasteiger partial charge in [-0.2, -0.15) is 5.10 Å². The summed E-state index contributed by atoms with van der Waals surface area (Å²) in [6, 6.07) is 9.57. The summed E-state index contributed by atoms with van der Waals surface area (Å²) in [6.07, 6.45) is 2.13. The summed E-state index contributed by atoms with van der Waals surface area (Å²) in [5.41, 5.74) is 1.04. The van der Waals surface area contributed by atoms with Gasteiger partial charge in [0.15, 0.2) is 11.4 Å². The Morgan fingerprint density at radius 1 is 1.33 bits per heavy atom. The predicted molar refractivity (Wildman–Crippen MR) is 76.5 cm³/mol. The van der Waals surface area contributed by atoms with Crippen LogP contribution in [0, 0.1) is 0 Å². The number of aromatic nitrogens is 2. The van der Waals surface area contributed by atoms with Crippen LogP contribution in [0.5, 0.6) is 5.75 Å². The van der Waals surface area contributed by atoms with Crippen molar-refractivity contribution in [2.24, 2.45) is 0 Å². The number of nitrogens with zero attached hydrogens (tertiary/aromatic N) is 2. The van der Waals surface area contributed by atoms with Gasteiger partial charge in [0.2, 0.25) is 0 Å². The van der Waals surface area contributed by atoms with Crippen LogP contribution in [-0.4, -0.2) is 34.6 Å². The van der Waals surface area contributed by atoms with Crippen molar-refractivity contribution in [3.63, 3.8) is 0 Å². The van der Waals surface area contributed by atoms with Gasteiger partial charge in [-0.1, -0.05) is 30.3 Å². The third-order valence-electron chi connectivity index (χ3n) is 2.96. The quantitative estimate of drug-likeness (QED) is 0.754. The lowest BCUT2D eigenvalue weighted by Gasteiger charge is -2.07. The number of aromatic carboxylic acids is 1. The van der Waals surface area contributed by atoms with E-state index in [-0.39, 0.29) is 11.4 Å². The van der Waals surface area contributed by atoms with Crippen molar-refractivity contribution in [1.29, 1.82) is 0 Å². The van der Waals surface area contributed by atoms with E-state index in [4.69, 9.17) is 9.47 Å². The monoisotopic (exact) mass is 290 g/mol. The van der Waals surface area contributed by atoms with E-state index in [0.717, 1.165) is 5.56 Å². The summed E-state index contributed by atoms with van der Waals surface area (Å²) in [5.74, 6) is -0.767. The van der Waals surface area contributed by atoms with Crippen LogP contribution >= 0.6 is 0 Å². The fraction of sp³-hybridized carbons (Fsp3) is 0.333. The van der Waals surface area contributed by atoms with Crippen LogP contribution in [0.1, 0.15) is 22.5 Å². The van der Waals surface area contributed by atoms with Crippen LogP contribution in [0.15, 0.2) is 36.5 Å². The van der Waals surface area contributed by atoms with Crippen LogP contribution in [0.4, 0.5) is 0 Å². The lowest BCUT2D eigenvalue weighted by atomic mass is 10.2. The molecule has 0 saturated carbocycles. The van der Waals surface area contributed by atoms with Crippen LogP contribution in [0.3, 0.4) is 0 Å². The summed E-state index contributed by atoms with van der Waals surface area (Å²) in [4.78, 5) is 11.4. The Hall–Kier alpha value is -2.34. The van der Waals surface area contributed by atoms with Crippen LogP contribution < -0.4 is 4.74 Å². The number of ether oxygens (including phenoxy) is 2. The van der Waals surface area contributed by atoms with Crippen LogP contribution in [0.25, 0.3) is 0 Å². The van der Waals surface area contributed by atoms with E-state index < -0.39 is 5.97 Å². The van der Waals surface area contributed by atoms with Gasteiger partial charge in [0, 0.05) is 20.3 Å². The van der Waals surface area contributed by atoms with Gasteiger partial charge in [0.25, 0.3) is 0 Å². The number of hydrogen-bond donors (Lipinski definition) is 1. The van der Waals surface area contributed by atoms with E-state index in [9.17, 15) is 9.90 Å². The second-order valence-corrected chi connectivity index (χ2v) is 4.51. The zero-order chi connectivity index (χ0) is 15.1. The average Bonchev–Trinajstić information content (AvgIpc) is 2.90. The van der Waals surface area contributed by atoms with Crippen molar-refractivity contribution in [3.8, 4) is 5.75 Å². The normalized spacial score (nSPS) is 10.5. The van der Waals surface area contributed by atoms with E-state index in [1.807, 2.05) is 30.3 Å². The fourth-order valence-electron chi connectivity index (χ4n) is 1.95. The summed E-state index contributed by atoms with van der Waals surface area (Å²) < 4.78 is 12.0. The molecule has 1 heterocycles. The molecule has 6 nitrogen and oxygen atoms in total. The van der Waals surface area contributed by atoms with Gasteiger partial charge < -0.3 is 14.6 Å². The Morgan fingerprint density at radius 3 is 2.76 bits per heavy atom. The predicted octanol–water partition coefficient (Wildman–Crippen LogP) is 2.20. The van der Waals surface area contributed by atoms with Crippen LogP contribution in [0.2, 0.25) is 0 Å². The highest BCUT2D eigenvalue weighted by Gasteiger charge is 2.19. The molecule has 1 aromatic heterocycles. The number of methoxy groups -OCH3 is 1. The Labute approximate surface area is 122 Å². The first kappa shape index (κ1) is 15.1. The maximum atomic E-state index is 11.4. The smallest absolute Gasteiger partial charge is 0.358 e. The highest BCUT2D eigenvalue weighted by Crippen LogP contribution is 2.19. The molecule has 0 atom stereocenters. The average molecular weight is 290 g/mol. The van der Waals surface area contributed by atoms with Gasteiger partial charge >= 0.3 is 5.97 Å². The second-order valence-electron chi connectivity index (χ2n) is 4.51. The van der Waals surface area contributed by atoms with Crippen LogP contribution in [-0.2, 0) is 17.9 Å². The molecule has 21 heavy (non-hydrogen) atoms. The maximum absolute atomic E-state index is 11.4. The number of carbonyl (C=O) groups is 1. The number of benzene rings is 1. The zero-order valence-corrected chi connectivity index (χ0v) is 11.9. The van der Waals surface area contributed by atoms with Gasteiger partial charge in [-0.05, 0) is 12.0 Å². The maximum Gasteiger partial charge on any atom is 0.358 e. The second kappa shape index (κ2) is 7.44. The molecule has 0 saturated heterocycles. The third kappa shape index (κ3) is 4.06. The number of rotatable bonds is 8. The van der Waals surface area contributed by atoms with Crippen molar-refractivity contribution < 1.29 is 19.4 Å². The van der Waals surface area contributed by atoms with Crippen molar-refractivity contribution in [3.05, 3.63) is 47.8 Å². The van der Waals surface area contributed by atoms with E-state index >= 15 is 0 Å². The first-order chi connectivity index (χ1) is 10.2. The summed E-state index contributed by atoms with van der Waals surface area (Å²) in [7, 11) is 1.61. The Kier molecular flexibility index (Phi) is 5.34. The lowest BCUT2D eigenvalue weighted by molar-refractivity contribution is 0.0676. The van der Waals surface area contributed by atoms with E-state index in [2.05, 4.69) is 5.10 Å². The summed E-state index contributed by atoms with van der Waals surface area (Å²) >= 11 is 0. The minimum atomic E-state index is -1.05. The molecular formula is C15H18N2O4. The molecule has 0 amide bonds. The minimum Gasteiger partial charge on any atom is -0.485 e. The molecule has 2 rings (SSSR count). The van der Waals surface area contributed by atoms with Crippen molar-refractivity contribution in [2.75, 3.05) is 13.7 Å². The Morgan fingerprint density at radius 2 is 2.10 bits per heavy atom. The highest BCUT2D eigenvalue weighted by atomic mass is 16.5. The topological polar surface area (TPSA) is 73.6 Å². The van der Waals surface area contributed by atoms with Gasteiger partial charge in [0.1, 0.15) is 6.61 Å². The van der Waals surface area contributed by atoms with E-state index in [0.29, 0.717) is 26.2 Å². The number of hydrogen-bond acceptors (Lipinski definition) is 4. The molecule has 112 valence electrons. The van der Waals surface area contributed by atoms with Gasteiger partial charge in [-0.15, -0.1) is 0 Å². The molecule has 0 aliphatic heterocycles. The Balaban J connectivity index is 2.06. The van der Waals surface area contributed by atoms with Crippen molar-refractivity contribution in [2.45, 2.75) is 19.6 Å². The number of carboxylic acids is 1. The standard InChI is InChI=1S/C15H18N2O4/c1-20-9-5-8-17-14(15(18)19)13(10-16-17)21-11-12-6-3-2-4-7-12/h2-4,6-7,10H,5,8-9,11H2,1H3,(H,18,19). The molecule has 0 bridgehead atoms. The molecular weight excluding hydrogens is 272 g/mol. The molecule has 0 unspecified atom stereocenters. The number of aryl methyl sites for hydroxylation is 1. The molecule has 6 heteroatoms. The largest absolute Gasteiger partial charge is 0.485 e. The Bertz CT molecular complexity index is 581. The third-order valence-corrected chi connectivity index (χ3v) is 2.96. The molecule has 1 N–H and O–H groups in total. The van der Waals surface area contributed by atoms with Crippen molar-refractivity contribution >= 4 is 5.97 Å².